The Morgan fingerprint density at radius 1 is 1.36 bits per heavy atom. The Balaban J connectivity index is 1.80. The van der Waals surface area contributed by atoms with Crippen molar-refractivity contribution in [2.45, 2.75) is 6.54 Å². The SMILES string of the molecule is N#C/C(=C/c1cccn1Cc1ccc(Cl)cc1)C(=O)Nc1nccs1. The maximum Gasteiger partial charge on any atom is 0.268 e. The maximum absolute atomic E-state index is 12.2. The number of anilines is 1. The van der Waals surface area contributed by atoms with Crippen LogP contribution in [0, 0.1) is 11.3 Å². The van der Waals surface area contributed by atoms with Crippen LogP contribution in [-0.2, 0) is 11.3 Å². The Hall–Kier alpha value is -2.88. The van der Waals surface area contributed by atoms with Crippen LogP contribution in [0.4, 0.5) is 5.13 Å². The second-order valence-electron chi connectivity index (χ2n) is 5.15. The van der Waals surface area contributed by atoms with Gasteiger partial charge >= 0.3 is 0 Å². The largest absolute Gasteiger partial charge is 0.344 e. The lowest BCUT2D eigenvalue weighted by molar-refractivity contribution is -0.112. The molecule has 0 spiro atoms. The first-order valence-electron chi connectivity index (χ1n) is 7.38. The lowest BCUT2D eigenvalue weighted by Gasteiger charge is -2.07. The smallest absolute Gasteiger partial charge is 0.268 e. The van der Waals surface area contributed by atoms with E-state index in [1.165, 1.54) is 11.3 Å². The zero-order chi connectivity index (χ0) is 17.6. The summed E-state index contributed by atoms with van der Waals surface area (Å²) in [5.41, 5.74) is 1.85. The minimum absolute atomic E-state index is 0.0197. The van der Waals surface area contributed by atoms with Crippen molar-refractivity contribution in [3.05, 3.63) is 76.0 Å². The summed E-state index contributed by atoms with van der Waals surface area (Å²) in [5.74, 6) is -0.475. The van der Waals surface area contributed by atoms with Gasteiger partial charge in [-0.2, -0.15) is 5.26 Å². The number of carbonyl (C=O) groups is 1. The Bertz CT molecular complexity index is 936. The monoisotopic (exact) mass is 368 g/mol. The summed E-state index contributed by atoms with van der Waals surface area (Å²) in [6.07, 6.45) is 5.06. The number of halogens is 1. The molecule has 0 aliphatic carbocycles. The van der Waals surface area contributed by atoms with Gasteiger partial charge < -0.3 is 4.57 Å². The van der Waals surface area contributed by atoms with Crippen LogP contribution in [0.3, 0.4) is 0 Å². The molecule has 2 aromatic heterocycles. The molecule has 2 heterocycles. The maximum atomic E-state index is 12.2. The lowest BCUT2D eigenvalue weighted by Crippen LogP contribution is -2.13. The van der Waals surface area contributed by atoms with Crippen LogP contribution in [0.5, 0.6) is 0 Å². The molecule has 0 fully saturated rings. The highest BCUT2D eigenvalue weighted by atomic mass is 35.5. The lowest BCUT2D eigenvalue weighted by atomic mass is 10.2. The normalized spacial score (nSPS) is 11.1. The third-order valence-corrected chi connectivity index (χ3v) is 4.38. The van der Waals surface area contributed by atoms with Gasteiger partial charge in [0, 0.05) is 35.0 Å². The van der Waals surface area contributed by atoms with Crippen molar-refractivity contribution in [1.82, 2.24) is 9.55 Å². The van der Waals surface area contributed by atoms with Gasteiger partial charge in [0.05, 0.1) is 0 Å². The standard InChI is InChI=1S/C18H13ClN4OS/c19-15-5-3-13(4-6-15)12-23-8-1-2-16(23)10-14(11-20)17(24)22-18-21-7-9-25-18/h1-10H,12H2,(H,21,22,24)/b14-10-. The van der Waals surface area contributed by atoms with E-state index in [2.05, 4.69) is 10.3 Å². The van der Waals surface area contributed by atoms with Gasteiger partial charge in [0.2, 0.25) is 0 Å². The molecule has 0 saturated heterocycles. The zero-order valence-corrected chi connectivity index (χ0v) is 14.6. The van der Waals surface area contributed by atoms with Crippen molar-refractivity contribution in [2.24, 2.45) is 0 Å². The molecule has 7 heteroatoms. The fourth-order valence-electron chi connectivity index (χ4n) is 2.23. The van der Waals surface area contributed by atoms with Crippen LogP contribution in [0.25, 0.3) is 6.08 Å². The summed E-state index contributed by atoms with van der Waals surface area (Å²) in [7, 11) is 0. The number of nitriles is 1. The number of hydrogen-bond acceptors (Lipinski definition) is 4. The summed E-state index contributed by atoms with van der Waals surface area (Å²) in [4.78, 5) is 16.2. The van der Waals surface area contributed by atoms with Crippen molar-refractivity contribution in [3.63, 3.8) is 0 Å². The van der Waals surface area contributed by atoms with Crippen molar-refractivity contribution in [2.75, 3.05) is 5.32 Å². The van der Waals surface area contributed by atoms with Gasteiger partial charge in [-0.3, -0.25) is 10.1 Å². The molecule has 0 aliphatic heterocycles. The molecule has 1 aromatic carbocycles. The number of carbonyl (C=O) groups excluding carboxylic acids is 1. The van der Waals surface area contributed by atoms with Crippen LogP contribution in [0.1, 0.15) is 11.3 Å². The highest BCUT2D eigenvalue weighted by Gasteiger charge is 2.12. The number of aromatic nitrogens is 2. The van der Waals surface area contributed by atoms with Crippen LogP contribution in [0.2, 0.25) is 5.02 Å². The molecule has 5 nitrogen and oxygen atoms in total. The van der Waals surface area contributed by atoms with Crippen LogP contribution in [0.15, 0.2) is 59.7 Å². The molecule has 1 amide bonds. The first kappa shape index (κ1) is 17.0. The number of rotatable bonds is 5. The summed E-state index contributed by atoms with van der Waals surface area (Å²) < 4.78 is 1.96. The highest BCUT2D eigenvalue weighted by Crippen LogP contribution is 2.16. The Morgan fingerprint density at radius 3 is 2.84 bits per heavy atom. The summed E-state index contributed by atoms with van der Waals surface area (Å²) in [5, 5.41) is 14.8. The van der Waals surface area contributed by atoms with Crippen molar-refractivity contribution in [3.8, 4) is 6.07 Å². The van der Waals surface area contributed by atoms with Crippen molar-refractivity contribution < 1.29 is 4.79 Å². The summed E-state index contributed by atoms with van der Waals surface area (Å²) >= 11 is 7.20. The minimum Gasteiger partial charge on any atom is -0.344 e. The van der Waals surface area contributed by atoms with Crippen LogP contribution >= 0.6 is 22.9 Å². The molecule has 124 valence electrons. The number of amides is 1. The average Bonchev–Trinajstić information content (AvgIpc) is 3.26. The van der Waals surface area contributed by atoms with Gasteiger partial charge in [0.1, 0.15) is 11.6 Å². The topological polar surface area (TPSA) is 70.7 Å². The highest BCUT2D eigenvalue weighted by molar-refractivity contribution is 7.13. The van der Waals surface area contributed by atoms with Gasteiger partial charge in [-0.15, -0.1) is 11.3 Å². The molecular formula is C18H13ClN4OS. The van der Waals surface area contributed by atoms with E-state index >= 15 is 0 Å². The minimum atomic E-state index is -0.475. The van der Waals surface area contributed by atoms with Gasteiger partial charge in [0.15, 0.2) is 5.13 Å². The quantitative estimate of drug-likeness (QED) is 0.542. The van der Waals surface area contributed by atoms with Gasteiger partial charge in [-0.25, -0.2) is 4.98 Å². The number of hydrogen-bond donors (Lipinski definition) is 1. The number of benzene rings is 1. The predicted octanol–water partition coefficient (Wildman–Crippen LogP) is 4.19. The molecule has 3 aromatic rings. The van der Waals surface area contributed by atoms with E-state index in [4.69, 9.17) is 11.6 Å². The van der Waals surface area contributed by atoms with Crippen molar-refractivity contribution >= 4 is 40.1 Å². The van der Waals surface area contributed by atoms with E-state index in [-0.39, 0.29) is 5.57 Å². The third-order valence-electron chi connectivity index (χ3n) is 3.44. The van der Waals surface area contributed by atoms with Gasteiger partial charge in [0.25, 0.3) is 5.91 Å². The Labute approximate surface area is 153 Å². The number of thiazole rings is 1. The van der Waals surface area contributed by atoms with Crippen LogP contribution < -0.4 is 5.32 Å². The predicted molar refractivity (Wildman–Crippen MR) is 99.3 cm³/mol. The van der Waals surface area contributed by atoms with Gasteiger partial charge in [-0.1, -0.05) is 23.7 Å². The number of nitrogens with one attached hydrogen (secondary N) is 1. The molecule has 0 unspecified atom stereocenters. The zero-order valence-electron chi connectivity index (χ0n) is 13.0. The Kier molecular flexibility index (Phi) is 5.29. The fourth-order valence-corrected chi connectivity index (χ4v) is 2.88. The Morgan fingerprint density at radius 2 is 2.16 bits per heavy atom. The molecule has 0 bridgehead atoms. The van der Waals surface area contributed by atoms with E-state index in [0.29, 0.717) is 16.7 Å². The first-order chi connectivity index (χ1) is 12.2. The molecule has 0 aliphatic rings. The molecular weight excluding hydrogens is 356 g/mol. The first-order valence-corrected chi connectivity index (χ1v) is 8.63. The van der Waals surface area contributed by atoms with E-state index in [9.17, 15) is 10.1 Å². The molecule has 3 rings (SSSR count). The summed E-state index contributed by atoms with van der Waals surface area (Å²) in [6, 6.07) is 13.2. The molecule has 0 atom stereocenters. The van der Waals surface area contributed by atoms with Crippen LogP contribution in [-0.4, -0.2) is 15.5 Å². The molecule has 0 saturated carbocycles. The molecule has 0 radical (unpaired) electrons. The summed E-state index contributed by atoms with van der Waals surface area (Å²) in [6.45, 7) is 0.614. The average molecular weight is 369 g/mol. The van der Waals surface area contributed by atoms with E-state index in [1.54, 1.807) is 17.7 Å². The van der Waals surface area contributed by atoms with Crippen molar-refractivity contribution in [1.29, 1.82) is 5.26 Å². The number of nitrogens with zero attached hydrogens (tertiary/aromatic N) is 3. The van der Waals surface area contributed by atoms with Gasteiger partial charge in [-0.05, 0) is 35.9 Å². The second kappa shape index (κ2) is 7.79. The third kappa shape index (κ3) is 4.35. The fraction of sp³-hybridized carbons (Fsp3) is 0.0556. The molecule has 1 N–H and O–H groups in total. The van der Waals surface area contributed by atoms with E-state index in [1.807, 2.05) is 53.2 Å². The molecule has 25 heavy (non-hydrogen) atoms. The second-order valence-corrected chi connectivity index (χ2v) is 6.48. The van der Waals surface area contributed by atoms with E-state index < -0.39 is 5.91 Å². The van der Waals surface area contributed by atoms with E-state index in [0.717, 1.165) is 11.3 Å².